The van der Waals surface area contributed by atoms with Crippen molar-refractivity contribution in [3.05, 3.63) is 16.9 Å². The van der Waals surface area contributed by atoms with Crippen LogP contribution in [0, 0.1) is 0 Å². The van der Waals surface area contributed by atoms with Crippen LogP contribution in [-0.2, 0) is 6.54 Å². The fourth-order valence-corrected chi connectivity index (χ4v) is 1.28. The van der Waals surface area contributed by atoms with Gasteiger partial charge in [-0.3, -0.25) is 4.68 Å². The van der Waals surface area contributed by atoms with E-state index in [4.69, 9.17) is 0 Å². The molecule has 4 heteroatoms. The van der Waals surface area contributed by atoms with E-state index in [1.165, 1.54) is 6.42 Å². The molecule has 1 aromatic heterocycles. The van der Waals surface area contributed by atoms with Gasteiger partial charge in [0.05, 0.1) is 17.2 Å². The third-order valence-electron chi connectivity index (χ3n) is 1.55. The topological polar surface area (TPSA) is 29.9 Å². The molecular weight excluding hydrogens is 218 g/mol. The number of hydrogen-bond acceptors (Lipinski definition) is 2. The summed E-state index contributed by atoms with van der Waals surface area (Å²) in [7, 11) is 0. The molecule has 1 N–H and O–H groups in total. The molecule has 12 heavy (non-hydrogen) atoms. The lowest BCUT2D eigenvalue weighted by Crippen LogP contribution is -2.20. The van der Waals surface area contributed by atoms with Crippen molar-refractivity contribution in [3.63, 3.8) is 0 Å². The van der Waals surface area contributed by atoms with Crippen molar-refractivity contribution in [1.82, 2.24) is 15.1 Å². The molecule has 1 heterocycles. The molecule has 0 bridgehead atoms. The Hall–Kier alpha value is -0.350. The number of halogens is 1. The van der Waals surface area contributed by atoms with Crippen molar-refractivity contribution < 1.29 is 0 Å². The van der Waals surface area contributed by atoms with E-state index in [1.54, 1.807) is 6.20 Å². The Kier molecular flexibility index (Phi) is 4.32. The van der Waals surface area contributed by atoms with Crippen LogP contribution >= 0.6 is 15.9 Å². The van der Waals surface area contributed by atoms with Crippen LogP contribution in [0.4, 0.5) is 0 Å². The summed E-state index contributed by atoms with van der Waals surface area (Å²) >= 11 is 3.35. The van der Waals surface area contributed by atoms with Gasteiger partial charge in [0.2, 0.25) is 0 Å². The Bertz CT molecular complexity index is 222. The molecule has 0 unspecified atom stereocenters. The van der Waals surface area contributed by atoms with Gasteiger partial charge in [0, 0.05) is 12.7 Å². The van der Waals surface area contributed by atoms with Crippen LogP contribution in [0.15, 0.2) is 16.9 Å². The number of aromatic nitrogens is 2. The second kappa shape index (κ2) is 5.32. The molecule has 0 spiro atoms. The minimum atomic E-state index is 0.936. The molecule has 0 fully saturated rings. The van der Waals surface area contributed by atoms with Gasteiger partial charge >= 0.3 is 0 Å². The highest BCUT2D eigenvalue weighted by Crippen LogP contribution is 2.05. The van der Waals surface area contributed by atoms with Crippen LogP contribution in [0.1, 0.15) is 13.3 Å². The van der Waals surface area contributed by atoms with Gasteiger partial charge in [0.1, 0.15) is 0 Å². The fraction of sp³-hybridized carbons (Fsp3) is 0.625. The third-order valence-corrected chi connectivity index (χ3v) is 1.96. The van der Waals surface area contributed by atoms with Crippen molar-refractivity contribution in [2.75, 3.05) is 13.1 Å². The van der Waals surface area contributed by atoms with Crippen LogP contribution in [0.25, 0.3) is 0 Å². The van der Waals surface area contributed by atoms with Gasteiger partial charge in [-0.1, -0.05) is 6.92 Å². The van der Waals surface area contributed by atoms with E-state index in [0.717, 1.165) is 24.1 Å². The van der Waals surface area contributed by atoms with Gasteiger partial charge in [-0.25, -0.2) is 0 Å². The largest absolute Gasteiger partial charge is 0.315 e. The van der Waals surface area contributed by atoms with Gasteiger partial charge in [-0.05, 0) is 28.9 Å². The maximum absolute atomic E-state index is 4.14. The molecule has 0 radical (unpaired) electrons. The van der Waals surface area contributed by atoms with Gasteiger partial charge in [-0.15, -0.1) is 0 Å². The second-order valence-corrected chi connectivity index (χ2v) is 3.59. The smallest absolute Gasteiger partial charge is 0.0632 e. The van der Waals surface area contributed by atoms with Crippen molar-refractivity contribution >= 4 is 15.9 Å². The third kappa shape index (κ3) is 3.36. The van der Waals surface area contributed by atoms with Crippen molar-refractivity contribution in [3.8, 4) is 0 Å². The molecule has 0 saturated carbocycles. The molecule has 0 amide bonds. The first-order valence-corrected chi connectivity index (χ1v) is 5.01. The number of nitrogens with one attached hydrogen (secondary N) is 1. The summed E-state index contributed by atoms with van der Waals surface area (Å²) < 4.78 is 2.96. The molecule has 0 saturated heterocycles. The molecule has 0 aliphatic rings. The SMILES string of the molecule is CCCNCCn1cc(Br)cn1. The van der Waals surface area contributed by atoms with Gasteiger partial charge in [0.25, 0.3) is 0 Å². The van der Waals surface area contributed by atoms with Gasteiger partial charge < -0.3 is 5.32 Å². The summed E-state index contributed by atoms with van der Waals surface area (Å²) in [6, 6.07) is 0. The zero-order valence-corrected chi connectivity index (χ0v) is 8.84. The monoisotopic (exact) mass is 231 g/mol. The van der Waals surface area contributed by atoms with E-state index in [9.17, 15) is 0 Å². The minimum Gasteiger partial charge on any atom is -0.315 e. The van der Waals surface area contributed by atoms with Crippen LogP contribution in [0.3, 0.4) is 0 Å². The molecule has 0 aromatic carbocycles. The van der Waals surface area contributed by atoms with E-state index < -0.39 is 0 Å². The molecule has 0 atom stereocenters. The first-order chi connectivity index (χ1) is 5.83. The van der Waals surface area contributed by atoms with Gasteiger partial charge in [0.15, 0.2) is 0 Å². The second-order valence-electron chi connectivity index (χ2n) is 2.67. The predicted octanol–water partition coefficient (Wildman–Crippen LogP) is 1.65. The highest BCUT2D eigenvalue weighted by atomic mass is 79.9. The van der Waals surface area contributed by atoms with E-state index in [2.05, 4.69) is 33.3 Å². The summed E-state index contributed by atoms with van der Waals surface area (Å²) in [4.78, 5) is 0. The first kappa shape index (κ1) is 9.74. The molecule has 68 valence electrons. The van der Waals surface area contributed by atoms with Crippen molar-refractivity contribution in [2.24, 2.45) is 0 Å². The first-order valence-electron chi connectivity index (χ1n) is 4.21. The fourth-order valence-electron chi connectivity index (χ4n) is 0.956. The van der Waals surface area contributed by atoms with Crippen LogP contribution in [0.2, 0.25) is 0 Å². The summed E-state index contributed by atoms with van der Waals surface area (Å²) in [5.41, 5.74) is 0. The van der Waals surface area contributed by atoms with E-state index >= 15 is 0 Å². The lowest BCUT2D eigenvalue weighted by atomic mass is 10.5. The Balaban J connectivity index is 2.15. The standard InChI is InChI=1S/C8H14BrN3/c1-2-3-10-4-5-12-7-8(9)6-11-12/h6-7,10H,2-5H2,1H3. The summed E-state index contributed by atoms with van der Waals surface area (Å²) in [5, 5.41) is 7.46. The van der Waals surface area contributed by atoms with Crippen LogP contribution in [0.5, 0.6) is 0 Å². The van der Waals surface area contributed by atoms with Gasteiger partial charge in [-0.2, -0.15) is 5.10 Å². The maximum atomic E-state index is 4.14. The van der Waals surface area contributed by atoms with Crippen LogP contribution < -0.4 is 5.32 Å². The predicted molar refractivity (Wildman–Crippen MR) is 53.1 cm³/mol. The molecule has 3 nitrogen and oxygen atoms in total. The highest BCUT2D eigenvalue weighted by Gasteiger charge is 1.93. The zero-order valence-electron chi connectivity index (χ0n) is 7.26. The lowest BCUT2D eigenvalue weighted by Gasteiger charge is -2.02. The Labute approximate surface area is 81.3 Å². The Morgan fingerprint density at radius 3 is 3.00 bits per heavy atom. The Morgan fingerprint density at radius 1 is 1.58 bits per heavy atom. The summed E-state index contributed by atoms with van der Waals surface area (Å²) in [6.45, 7) is 5.17. The normalized spacial score (nSPS) is 10.5. The summed E-state index contributed by atoms with van der Waals surface area (Å²) in [6.07, 6.45) is 4.97. The van der Waals surface area contributed by atoms with E-state index in [0.29, 0.717) is 0 Å². The van der Waals surface area contributed by atoms with E-state index in [1.807, 2.05) is 10.9 Å². The number of rotatable bonds is 5. The van der Waals surface area contributed by atoms with Crippen molar-refractivity contribution in [2.45, 2.75) is 19.9 Å². The van der Waals surface area contributed by atoms with Crippen LogP contribution in [-0.4, -0.2) is 22.9 Å². The Morgan fingerprint density at radius 2 is 2.42 bits per heavy atom. The molecule has 0 aliphatic heterocycles. The average molecular weight is 232 g/mol. The molecule has 1 aromatic rings. The number of hydrogen-bond donors (Lipinski definition) is 1. The van der Waals surface area contributed by atoms with E-state index in [-0.39, 0.29) is 0 Å². The molecule has 1 rings (SSSR count). The molecule has 0 aliphatic carbocycles. The lowest BCUT2D eigenvalue weighted by molar-refractivity contribution is 0.553. The van der Waals surface area contributed by atoms with Crippen molar-refractivity contribution in [1.29, 1.82) is 0 Å². The minimum absolute atomic E-state index is 0.936. The highest BCUT2D eigenvalue weighted by molar-refractivity contribution is 9.10. The molecular formula is C8H14BrN3. The summed E-state index contributed by atoms with van der Waals surface area (Å²) in [5.74, 6) is 0. The zero-order chi connectivity index (χ0) is 8.81. The maximum Gasteiger partial charge on any atom is 0.0632 e. The number of nitrogens with zero attached hydrogens (tertiary/aromatic N) is 2. The average Bonchev–Trinajstić information content (AvgIpc) is 2.45. The quantitative estimate of drug-likeness (QED) is 0.782.